The number of amides is 1. The Morgan fingerprint density at radius 3 is 2.82 bits per heavy atom. The number of thioether (sulfide) groups is 1. The first-order valence-corrected chi connectivity index (χ1v) is 8.05. The molecule has 0 bridgehead atoms. The van der Waals surface area contributed by atoms with Gasteiger partial charge in [-0.05, 0) is 35.9 Å². The van der Waals surface area contributed by atoms with E-state index in [4.69, 9.17) is 16.3 Å². The molecule has 0 radical (unpaired) electrons. The molecule has 1 aliphatic rings. The Balaban J connectivity index is 1.99. The van der Waals surface area contributed by atoms with Crippen molar-refractivity contribution in [2.24, 2.45) is 0 Å². The lowest BCUT2D eigenvalue weighted by molar-refractivity contribution is -0.115. The van der Waals surface area contributed by atoms with Gasteiger partial charge in [-0.25, -0.2) is 4.39 Å². The summed E-state index contributed by atoms with van der Waals surface area (Å²) >= 11 is 7.61. The van der Waals surface area contributed by atoms with Crippen LogP contribution in [0.25, 0.3) is 0 Å². The highest BCUT2D eigenvalue weighted by molar-refractivity contribution is 8.00. The van der Waals surface area contributed by atoms with Gasteiger partial charge in [-0.1, -0.05) is 23.7 Å². The largest absolute Gasteiger partial charge is 0.495 e. The van der Waals surface area contributed by atoms with Crippen LogP contribution in [0.1, 0.15) is 10.9 Å². The molecule has 0 aliphatic carbocycles. The van der Waals surface area contributed by atoms with Gasteiger partial charge in [0.2, 0.25) is 5.91 Å². The maximum absolute atomic E-state index is 13.5. The highest BCUT2D eigenvalue weighted by Crippen LogP contribution is 2.43. The van der Waals surface area contributed by atoms with Gasteiger partial charge < -0.3 is 4.74 Å². The van der Waals surface area contributed by atoms with Crippen molar-refractivity contribution in [3.63, 3.8) is 0 Å². The van der Waals surface area contributed by atoms with Crippen molar-refractivity contribution in [2.75, 3.05) is 17.8 Å². The van der Waals surface area contributed by atoms with Crippen molar-refractivity contribution in [3.8, 4) is 5.75 Å². The number of carbonyl (C=O) groups excluding carboxylic acids is 1. The lowest BCUT2D eigenvalue weighted by atomic mass is 10.2. The number of rotatable bonds is 3. The summed E-state index contributed by atoms with van der Waals surface area (Å²) < 4.78 is 18.6. The molecule has 1 saturated heterocycles. The standard InChI is InChI=1S/C16H13ClFNO2S/c1-21-14-6-5-12(8-13(14)17)19-15(20)9-22-16(19)10-3-2-4-11(18)7-10/h2-8,16H,9H2,1H3. The van der Waals surface area contributed by atoms with Gasteiger partial charge >= 0.3 is 0 Å². The van der Waals surface area contributed by atoms with E-state index in [1.807, 2.05) is 6.07 Å². The fourth-order valence-electron chi connectivity index (χ4n) is 2.42. The molecule has 3 nitrogen and oxygen atoms in total. The molecular weight excluding hydrogens is 325 g/mol. The van der Waals surface area contributed by atoms with Gasteiger partial charge in [0.05, 0.1) is 17.9 Å². The Morgan fingerprint density at radius 2 is 2.14 bits per heavy atom. The maximum atomic E-state index is 13.5. The summed E-state index contributed by atoms with van der Waals surface area (Å²) in [5, 5.41) is 0.176. The van der Waals surface area contributed by atoms with Crippen LogP contribution in [-0.4, -0.2) is 18.8 Å². The number of anilines is 1. The number of methoxy groups -OCH3 is 1. The number of carbonyl (C=O) groups is 1. The first-order chi connectivity index (χ1) is 10.6. The summed E-state index contributed by atoms with van der Waals surface area (Å²) in [5.41, 5.74) is 1.43. The first-order valence-electron chi connectivity index (χ1n) is 6.63. The number of hydrogen-bond acceptors (Lipinski definition) is 3. The Kier molecular flexibility index (Phi) is 4.27. The van der Waals surface area contributed by atoms with E-state index in [0.29, 0.717) is 22.2 Å². The summed E-state index contributed by atoms with van der Waals surface area (Å²) in [6.07, 6.45) is 0. The fourth-order valence-corrected chi connectivity index (χ4v) is 3.83. The smallest absolute Gasteiger partial charge is 0.238 e. The molecule has 0 saturated carbocycles. The number of benzene rings is 2. The first kappa shape index (κ1) is 15.2. The molecule has 1 unspecified atom stereocenters. The molecule has 1 aliphatic heterocycles. The molecule has 6 heteroatoms. The van der Waals surface area contributed by atoms with Crippen LogP contribution in [0.15, 0.2) is 42.5 Å². The van der Waals surface area contributed by atoms with Crippen LogP contribution in [0.3, 0.4) is 0 Å². The fraction of sp³-hybridized carbons (Fsp3) is 0.188. The number of hydrogen-bond donors (Lipinski definition) is 0. The van der Waals surface area contributed by atoms with Crippen molar-refractivity contribution in [3.05, 3.63) is 58.9 Å². The van der Waals surface area contributed by atoms with Crippen LogP contribution in [0.5, 0.6) is 5.75 Å². The van der Waals surface area contributed by atoms with Crippen molar-refractivity contribution >= 4 is 35.0 Å². The highest BCUT2D eigenvalue weighted by atomic mass is 35.5. The summed E-state index contributed by atoms with van der Waals surface area (Å²) in [6.45, 7) is 0. The number of ether oxygens (including phenoxy) is 1. The lowest BCUT2D eigenvalue weighted by Gasteiger charge is -2.24. The van der Waals surface area contributed by atoms with Gasteiger partial charge in [-0.2, -0.15) is 0 Å². The maximum Gasteiger partial charge on any atom is 0.238 e. The second-order valence-corrected chi connectivity index (χ2v) is 6.28. The normalized spacial score (nSPS) is 17.9. The van der Waals surface area contributed by atoms with Crippen molar-refractivity contribution < 1.29 is 13.9 Å². The minimum absolute atomic E-state index is 0.0273. The van der Waals surface area contributed by atoms with Crippen LogP contribution >= 0.6 is 23.4 Å². The SMILES string of the molecule is COc1ccc(N2C(=O)CSC2c2cccc(F)c2)cc1Cl. The monoisotopic (exact) mass is 337 g/mol. The summed E-state index contributed by atoms with van der Waals surface area (Å²) in [4.78, 5) is 13.9. The van der Waals surface area contributed by atoms with Gasteiger partial charge in [0.25, 0.3) is 0 Å². The molecule has 3 rings (SSSR count). The molecule has 22 heavy (non-hydrogen) atoms. The van der Waals surface area contributed by atoms with Crippen LogP contribution in [0.2, 0.25) is 5.02 Å². The molecular formula is C16H13ClFNO2S. The van der Waals surface area contributed by atoms with Gasteiger partial charge in [-0.3, -0.25) is 9.69 Å². The van der Waals surface area contributed by atoms with Gasteiger partial charge in [0, 0.05) is 5.69 Å². The third-order valence-electron chi connectivity index (χ3n) is 3.42. The predicted octanol–water partition coefficient (Wildman–Crippen LogP) is 4.27. The third-order valence-corrected chi connectivity index (χ3v) is 4.92. The van der Waals surface area contributed by atoms with E-state index < -0.39 is 0 Å². The Labute approximate surface area is 137 Å². The second kappa shape index (κ2) is 6.18. The van der Waals surface area contributed by atoms with E-state index in [1.165, 1.54) is 31.0 Å². The molecule has 114 valence electrons. The third kappa shape index (κ3) is 2.78. The molecule has 0 aromatic heterocycles. The zero-order valence-corrected chi connectivity index (χ0v) is 13.3. The molecule has 1 fully saturated rings. The second-order valence-electron chi connectivity index (χ2n) is 4.80. The predicted molar refractivity (Wildman–Crippen MR) is 87.1 cm³/mol. The van der Waals surface area contributed by atoms with E-state index >= 15 is 0 Å². The van der Waals surface area contributed by atoms with Crippen molar-refractivity contribution in [2.45, 2.75) is 5.37 Å². The van der Waals surface area contributed by atoms with Crippen LogP contribution < -0.4 is 9.64 Å². The summed E-state index contributed by atoms with van der Waals surface area (Å²) in [7, 11) is 1.54. The van der Waals surface area contributed by atoms with Crippen molar-refractivity contribution in [1.82, 2.24) is 0 Å². The number of nitrogens with zero attached hydrogens (tertiary/aromatic N) is 1. The molecule has 2 aromatic carbocycles. The summed E-state index contributed by atoms with van der Waals surface area (Å²) in [6, 6.07) is 11.5. The van der Waals surface area contributed by atoms with Crippen LogP contribution in [0, 0.1) is 5.82 Å². The summed E-state index contributed by atoms with van der Waals surface area (Å²) in [5.74, 6) is 0.558. The zero-order valence-electron chi connectivity index (χ0n) is 11.8. The molecule has 1 atom stereocenters. The van der Waals surface area contributed by atoms with E-state index in [2.05, 4.69) is 0 Å². The average molecular weight is 338 g/mol. The van der Waals surface area contributed by atoms with Gasteiger partial charge in [0.15, 0.2) is 0 Å². The molecule has 0 spiro atoms. The minimum atomic E-state index is -0.315. The minimum Gasteiger partial charge on any atom is -0.495 e. The number of halogens is 2. The topological polar surface area (TPSA) is 29.5 Å². The zero-order chi connectivity index (χ0) is 15.7. The van der Waals surface area contributed by atoms with Crippen molar-refractivity contribution in [1.29, 1.82) is 0 Å². The molecule has 1 heterocycles. The van der Waals surface area contributed by atoms with Gasteiger partial charge in [-0.15, -0.1) is 11.8 Å². The Hall–Kier alpha value is -1.72. The van der Waals surface area contributed by atoms with Crippen LogP contribution in [0.4, 0.5) is 10.1 Å². The highest BCUT2D eigenvalue weighted by Gasteiger charge is 2.34. The quantitative estimate of drug-likeness (QED) is 0.837. The van der Waals surface area contributed by atoms with E-state index in [-0.39, 0.29) is 17.1 Å². The molecule has 2 aromatic rings. The molecule has 0 N–H and O–H groups in total. The Bertz CT molecular complexity index is 725. The van der Waals surface area contributed by atoms with Crippen LogP contribution in [-0.2, 0) is 4.79 Å². The Morgan fingerprint density at radius 1 is 1.32 bits per heavy atom. The van der Waals surface area contributed by atoms with Gasteiger partial charge in [0.1, 0.15) is 16.9 Å². The van der Waals surface area contributed by atoms with E-state index in [1.54, 1.807) is 29.2 Å². The average Bonchev–Trinajstić information content (AvgIpc) is 2.89. The van der Waals surface area contributed by atoms with E-state index in [0.717, 1.165) is 5.56 Å². The van der Waals surface area contributed by atoms with E-state index in [9.17, 15) is 9.18 Å². The lowest BCUT2D eigenvalue weighted by Crippen LogP contribution is -2.27. The molecule has 1 amide bonds.